The molecule has 2 heterocycles. The summed E-state index contributed by atoms with van der Waals surface area (Å²) in [5, 5.41) is 2.96. The second kappa shape index (κ2) is 2.73. The standard InChI is InChI=1S/C9H15NO2/c1-7-9(5-8(11)10-7)3-2-4-12-6-9/h7H,2-6H2,1H3,(H,10,11). The smallest absolute Gasteiger partial charge is 0.220 e. The fourth-order valence-electron chi connectivity index (χ4n) is 2.27. The first-order valence-corrected chi connectivity index (χ1v) is 4.60. The van der Waals surface area contributed by atoms with Crippen molar-refractivity contribution in [3.8, 4) is 0 Å². The van der Waals surface area contributed by atoms with Gasteiger partial charge in [0.2, 0.25) is 5.91 Å². The molecule has 2 rings (SSSR count). The van der Waals surface area contributed by atoms with Crippen molar-refractivity contribution in [2.24, 2.45) is 5.41 Å². The minimum absolute atomic E-state index is 0.120. The number of amides is 1. The van der Waals surface area contributed by atoms with Crippen LogP contribution >= 0.6 is 0 Å². The van der Waals surface area contributed by atoms with Gasteiger partial charge in [0.05, 0.1) is 6.61 Å². The van der Waals surface area contributed by atoms with E-state index in [0.29, 0.717) is 12.5 Å². The van der Waals surface area contributed by atoms with Gasteiger partial charge in [-0.3, -0.25) is 4.79 Å². The second-order valence-electron chi connectivity index (χ2n) is 3.98. The minimum atomic E-state index is 0.120. The van der Waals surface area contributed by atoms with Gasteiger partial charge in [-0.1, -0.05) is 0 Å². The van der Waals surface area contributed by atoms with Crippen molar-refractivity contribution in [3.05, 3.63) is 0 Å². The molecule has 2 atom stereocenters. The first-order valence-electron chi connectivity index (χ1n) is 4.60. The van der Waals surface area contributed by atoms with E-state index in [9.17, 15) is 4.79 Å². The van der Waals surface area contributed by atoms with Gasteiger partial charge in [-0.05, 0) is 19.8 Å². The van der Waals surface area contributed by atoms with Crippen LogP contribution in [0.25, 0.3) is 0 Å². The summed E-state index contributed by atoms with van der Waals surface area (Å²) in [7, 11) is 0. The molecule has 0 radical (unpaired) electrons. The van der Waals surface area contributed by atoms with Crippen molar-refractivity contribution in [1.82, 2.24) is 5.32 Å². The van der Waals surface area contributed by atoms with Crippen LogP contribution in [-0.4, -0.2) is 25.2 Å². The maximum Gasteiger partial charge on any atom is 0.220 e. The molecule has 0 aromatic heterocycles. The van der Waals surface area contributed by atoms with E-state index in [1.807, 2.05) is 0 Å². The zero-order chi connectivity index (χ0) is 8.60. The molecule has 3 heteroatoms. The lowest BCUT2D eigenvalue weighted by Crippen LogP contribution is -2.40. The number of nitrogens with one attached hydrogen (secondary N) is 1. The van der Waals surface area contributed by atoms with Gasteiger partial charge in [0.1, 0.15) is 0 Å². The lowest BCUT2D eigenvalue weighted by atomic mass is 9.77. The highest BCUT2D eigenvalue weighted by Crippen LogP contribution is 2.39. The van der Waals surface area contributed by atoms with E-state index in [0.717, 1.165) is 26.1 Å². The molecule has 2 saturated heterocycles. The number of rotatable bonds is 0. The molecule has 68 valence electrons. The van der Waals surface area contributed by atoms with Crippen LogP contribution in [0, 0.1) is 5.41 Å². The third kappa shape index (κ3) is 1.12. The zero-order valence-electron chi connectivity index (χ0n) is 7.43. The Balaban J connectivity index is 2.13. The fraction of sp³-hybridized carbons (Fsp3) is 0.889. The van der Waals surface area contributed by atoms with Crippen molar-refractivity contribution in [2.45, 2.75) is 32.2 Å². The Morgan fingerprint density at radius 2 is 2.50 bits per heavy atom. The number of carbonyl (C=O) groups excluding carboxylic acids is 1. The van der Waals surface area contributed by atoms with Crippen molar-refractivity contribution in [1.29, 1.82) is 0 Å². The van der Waals surface area contributed by atoms with E-state index < -0.39 is 0 Å². The Hall–Kier alpha value is -0.570. The summed E-state index contributed by atoms with van der Waals surface area (Å²) in [6.07, 6.45) is 2.89. The molecule has 0 saturated carbocycles. The summed E-state index contributed by atoms with van der Waals surface area (Å²) in [6, 6.07) is 0.297. The largest absolute Gasteiger partial charge is 0.381 e. The van der Waals surface area contributed by atoms with Gasteiger partial charge in [0, 0.05) is 24.5 Å². The molecule has 0 aliphatic carbocycles. The van der Waals surface area contributed by atoms with Crippen LogP contribution in [0.1, 0.15) is 26.2 Å². The predicted octanol–water partition coefficient (Wildman–Crippen LogP) is 0.692. The van der Waals surface area contributed by atoms with Crippen LogP contribution in [0.3, 0.4) is 0 Å². The quantitative estimate of drug-likeness (QED) is 0.579. The molecule has 2 unspecified atom stereocenters. The summed E-state index contributed by atoms with van der Waals surface area (Å²) in [5.74, 6) is 0.188. The van der Waals surface area contributed by atoms with Gasteiger partial charge in [0.25, 0.3) is 0 Å². The van der Waals surface area contributed by atoms with E-state index in [4.69, 9.17) is 4.74 Å². The third-order valence-corrected chi connectivity index (χ3v) is 3.16. The van der Waals surface area contributed by atoms with Gasteiger partial charge < -0.3 is 10.1 Å². The first-order chi connectivity index (χ1) is 5.73. The number of hydrogen-bond acceptors (Lipinski definition) is 2. The molecule has 2 aliphatic rings. The Morgan fingerprint density at radius 3 is 3.00 bits per heavy atom. The van der Waals surface area contributed by atoms with Crippen LogP contribution < -0.4 is 5.32 Å². The van der Waals surface area contributed by atoms with E-state index in [2.05, 4.69) is 12.2 Å². The minimum Gasteiger partial charge on any atom is -0.381 e. The fourth-order valence-corrected chi connectivity index (χ4v) is 2.27. The maximum atomic E-state index is 11.2. The van der Waals surface area contributed by atoms with Crippen LogP contribution in [-0.2, 0) is 9.53 Å². The monoisotopic (exact) mass is 169 g/mol. The van der Waals surface area contributed by atoms with Gasteiger partial charge in [-0.15, -0.1) is 0 Å². The lowest BCUT2D eigenvalue weighted by Gasteiger charge is -2.35. The molecule has 12 heavy (non-hydrogen) atoms. The van der Waals surface area contributed by atoms with E-state index in [1.165, 1.54) is 0 Å². The summed E-state index contributed by atoms with van der Waals surface area (Å²) in [5.41, 5.74) is 0.120. The normalized spacial score (nSPS) is 41.8. The first kappa shape index (κ1) is 8.05. The van der Waals surface area contributed by atoms with E-state index >= 15 is 0 Å². The SMILES string of the molecule is CC1NC(=O)CC12CCCOC2. The summed E-state index contributed by atoms with van der Waals surface area (Å²) >= 11 is 0. The van der Waals surface area contributed by atoms with Crippen molar-refractivity contribution >= 4 is 5.91 Å². The molecule has 2 aliphatic heterocycles. The van der Waals surface area contributed by atoms with Crippen molar-refractivity contribution in [2.75, 3.05) is 13.2 Å². The molecule has 0 bridgehead atoms. The lowest BCUT2D eigenvalue weighted by molar-refractivity contribution is -0.120. The van der Waals surface area contributed by atoms with Crippen molar-refractivity contribution in [3.63, 3.8) is 0 Å². The van der Waals surface area contributed by atoms with Gasteiger partial charge in [-0.2, -0.15) is 0 Å². The Kier molecular flexibility index (Phi) is 1.83. The second-order valence-corrected chi connectivity index (χ2v) is 3.98. The molecule has 1 N–H and O–H groups in total. The van der Waals surface area contributed by atoms with Crippen LogP contribution in [0.5, 0.6) is 0 Å². The highest BCUT2D eigenvalue weighted by Gasteiger charge is 2.45. The van der Waals surface area contributed by atoms with Crippen LogP contribution in [0.2, 0.25) is 0 Å². The van der Waals surface area contributed by atoms with Crippen LogP contribution in [0.15, 0.2) is 0 Å². The van der Waals surface area contributed by atoms with Gasteiger partial charge >= 0.3 is 0 Å². The molecule has 1 amide bonds. The Labute approximate surface area is 72.5 Å². The number of hydrogen-bond donors (Lipinski definition) is 1. The number of ether oxygens (including phenoxy) is 1. The van der Waals surface area contributed by atoms with Gasteiger partial charge in [0.15, 0.2) is 0 Å². The zero-order valence-corrected chi connectivity index (χ0v) is 7.43. The predicted molar refractivity (Wildman–Crippen MR) is 44.7 cm³/mol. The van der Waals surface area contributed by atoms with E-state index in [1.54, 1.807) is 0 Å². The maximum absolute atomic E-state index is 11.2. The molecular formula is C9H15NO2. The average molecular weight is 169 g/mol. The summed E-state index contributed by atoms with van der Waals surface area (Å²) < 4.78 is 5.43. The summed E-state index contributed by atoms with van der Waals surface area (Å²) in [6.45, 7) is 3.70. The highest BCUT2D eigenvalue weighted by molar-refractivity contribution is 5.79. The molecule has 0 aromatic carbocycles. The molecule has 3 nitrogen and oxygen atoms in total. The molecule has 1 spiro atoms. The summed E-state index contributed by atoms with van der Waals surface area (Å²) in [4.78, 5) is 11.2. The topological polar surface area (TPSA) is 38.3 Å². The van der Waals surface area contributed by atoms with Gasteiger partial charge in [-0.25, -0.2) is 0 Å². The third-order valence-electron chi connectivity index (χ3n) is 3.16. The Morgan fingerprint density at radius 1 is 1.67 bits per heavy atom. The molecule has 2 fully saturated rings. The van der Waals surface area contributed by atoms with E-state index in [-0.39, 0.29) is 11.3 Å². The molecular weight excluding hydrogens is 154 g/mol. The average Bonchev–Trinajstić information content (AvgIpc) is 2.29. The highest BCUT2D eigenvalue weighted by atomic mass is 16.5. The van der Waals surface area contributed by atoms with Crippen molar-refractivity contribution < 1.29 is 9.53 Å². The Bertz CT molecular complexity index is 197. The molecule has 0 aromatic rings. The number of carbonyl (C=O) groups is 1. The van der Waals surface area contributed by atoms with Crippen LogP contribution in [0.4, 0.5) is 0 Å².